The van der Waals surface area contributed by atoms with Crippen LogP contribution in [0.3, 0.4) is 0 Å². The molecule has 0 aromatic heterocycles. The van der Waals surface area contributed by atoms with Crippen molar-refractivity contribution in [3.8, 4) is 5.75 Å². The molecule has 0 aliphatic heterocycles. The maximum Gasteiger partial charge on any atom is 0.379 e. The molecule has 1 unspecified atom stereocenters. The molecule has 3 nitrogen and oxygen atoms in total. The second-order valence-corrected chi connectivity index (χ2v) is 5.41. The van der Waals surface area contributed by atoms with Crippen LogP contribution in [-0.2, 0) is 24.0 Å². The first kappa shape index (κ1) is 13.8. The molecule has 1 aromatic carbocycles. The molecule has 14 heavy (non-hydrogen) atoms. The van der Waals surface area contributed by atoms with Gasteiger partial charge in [-0.15, -0.1) is 0 Å². The van der Waals surface area contributed by atoms with E-state index in [1.807, 2.05) is 6.07 Å². The van der Waals surface area contributed by atoms with Gasteiger partial charge in [0.05, 0.1) is 5.66 Å². The molecule has 0 saturated heterocycles. The van der Waals surface area contributed by atoms with E-state index >= 15 is 0 Å². The zero-order valence-corrected chi connectivity index (χ0v) is 12.2. The number of benzene rings is 1. The summed E-state index contributed by atoms with van der Waals surface area (Å²) in [6.45, 7) is 3.31. The summed E-state index contributed by atoms with van der Waals surface area (Å²) in [6, 6.07) is 8.66. The zero-order valence-electron chi connectivity index (χ0n) is 8.38. The van der Waals surface area contributed by atoms with E-state index in [0.29, 0.717) is 5.75 Å². The van der Waals surface area contributed by atoms with Gasteiger partial charge in [0, 0.05) is 19.5 Å². The van der Waals surface area contributed by atoms with Gasteiger partial charge in [0.1, 0.15) is 5.75 Å². The Morgan fingerprint density at radius 3 is 2.21 bits per heavy atom. The number of hydrogen-bond acceptors (Lipinski definition) is 2. The van der Waals surface area contributed by atoms with Crippen molar-refractivity contribution in [3.05, 3.63) is 30.3 Å². The van der Waals surface area contributed by atoms with Gasteiger partial charge in [-0.1, -0.05) is 32.0 Å². The largest absolute Gasteiger partial charge is 0.424 e. The van der Waals surface area contributed by atoms with Gasteiger partial charge in [0.25, 0.3) is 0 Å². The van der Waals surface area contributed by atoms with E-state index in [2.05, 4.69) is 0 Å². The number of para-hydroxylation sites is 1. The predicted molar refractivity (Wildman–Crippen MR) is 52.0 cm³/mol. The van der Waals surface area contributed by atoms with E-state index in [4.69, 9.17) is 4.52 Å². The summed E-state index contributed by atoms with van der Waals surface area (Å²) < 4.78 is 16.4. The van der Waals surface area contributed by atoms with Crippen LogP contribution < -0.4 is 4.52 Å². The third kappa shape index (κ3) is 3.92. The quantitative estimate of drug-likeness (QED) is 0.675. The van der Waals surface area contributed by atoms with Crippen LogP contribution in [0.15, 0.2) is 30.3 Å². The van der Waals surface area contributed by atoms with Crippen LogP contribution in [0.25, 0.3) is 0 Å². The molecule has 0 spiro atoms. The van der Waals surface area contributed by atoms with Crippen LogP contribution in [0, 0.1) is 0 Å². The van der Waals surface area contributed by atoms with Gasteiger partial charge < -0.3 is 9.42 Å². The topological polar surface area (TPSA) is 46.5 Å². The van der Waals surface area contributed by atoms with Gasteiger partial charge in [-0.25, -0.2) is 4.57 Å². The second kappa shape index (κ2) is 5.65. The third-order valence-electron chi connectivity index (χ3n) is 1.63. The molecular weight excluding hydrogens is 252 g/mol. The Balaban J connectivity index is 0.00000169. The minimum absolute atomic E-state index is 0. The fraction of sp³-hybridized carbons (Fsp3) is 0.333. The van der Waals surface area contributed by atoms with Gasteiger partial charge in [-0.2, -0.15) is 0 Å². The van der Waals surface area contributed by atoms with Crippen LogP contribution in [0.4, 0.5) is 0 Å². The first-order chi connectivity index (χ1) is 6.02. The SMILES string of the molecule is CC(C)P(=O)(O)Oc1ccccc1.[Zn]. The second-order valence-electron chi connectivity index (χ2n) is 3.06. The Labute approximate surface area is 96.8 Å². The van der Waals surface area contributed by atoms with Crippen molar-refractivity contribution >= 4 is 7.60 Å². The van der Waals surface area contributed by atoms with Crippen LogP contribution in [0.2, 0.25) is 0 Å². The van der Waals surface area contributed by atoms with Crippen LogP contribution in [0.5, 0.6) is 5.75 Å². The summed E-state index contributed by atoms with van der Waals surface area (Å²) in [5, 5.41) is 0. The van der Waals surface area contributed by atoms with Gasteiger partial charge in [-0.3, -0.25) is 0 Å². The van der Waals surface area contributed by atoms with Crippen molar-refractivity contribution < 1.29 is 33.5 Å². The number of hydrogen-bond donors (Lipinski definition) is 1. The van der Waals surface area contributed by atoms with Crippen LogP contribution >= 0.6 is 7.60 Å². The first-order valence-electron chi connectivity index (χ1n) is 4.09. The minimum atomic E-state index is -3.49. The fourth-order valence-corrected chi connectivity index (χ4v) is 1.37. The average Bonchev–Trinajstić information content (AvgIpc) is 2.05. The Kier molecular flexibility index (Phi) is 5.58. The monoisotopic (exact) mass is 264 g/mol. The molecule has 1 N–H and O–H groups in total. The first-order valence-corrected chi connectivity index (χ1v) is 5.74. The van der Waals surface area contributed by atoms with E-state index in [0.717, 1.165) is 0 Å². The molecule has 0 radical (unpaired) electrons. The van der Waals surface area contributed by atoms with E-state index in [1.54, 1.807) is 38.1 Å². The third-order valence-corrected chi connectivity index (χ3v) is 3.41. The molecule has 0 fully saturated rings. The molecule has 1 atom stereocenters. The molecule has 74 valence electrons. The maximum absolute atomic E-state index is 11.4. The van der Waals surface area contributed by atoms with Crippen molar-refractivity contribution in [2.75, 3.05) is 0 Å². The van der Waals surface area contributed by atoms with Crippen LogP contribution in [0.1, 0.15) is 13.8 Å². The molecular formula is C9H13O3PZn. The molecule has 0 bridgehead atoms. The van der Waals surface area contributed by atoms with E-state index < -0.39 is 7.60 Å². The van der Waals surface area contributed by atoms with E-state index in [9.17, 15) is 9.46 Å². The summed E-state index contributed by atoms with van der Waals surface area (Å²) in [7, 11) is -3.49. The molecule has 0 amide bonds. The van der Waals surface area contributed by atoms with Crippen LogP contribution in [-0.4, -0.2) is 10.6 Å². The van der Waals surface area contributed by atoms with Gasteiger partial charge in [-0.05, 0) is 12.1 Å². The minimum Gasteiger partial charge on any atom is -0.424 e. The Bertz CT molecular complexity index is 313. The van der Waals surface area contributed by atoms with Crippen molar-refractivity contribution in [2.24, 2.45) is 0 Å². The molecule has 0 saturated carbocycles. The van der Waals surface area contributed by atoms with Gasteiger partial charge in [0.15, 0.2) is 0 Å². The Hall–Kier alpha value is -0.167. The zero-order chi connectivity index (χ0) is 9.90. The molecule has 0 aliphatic rings. The summed E-state index contributed by atoms with van der Waals surface area (Å²) in [4.78, 5) is 9.38. The fourth-order valence-electron chi connectivity index (χ4n) is 0.738. The van der Waals surface area contributed by atoms with Crippen molar-refractivity contribution in [3.63, 3.8) is 0 Å². The number of rotatable bonds is 3. The van der Waals surface area contributed by atoms with E-state index in [1.165, 1.54) is 0 Å². The van der Waals surface area contributed by atoms with Gasteiger partial charge in [0.2, 0.25) is 0 Å². The summed E-state index contributed by atoms with van der Waals surface area (Å²) in [5.74, 6) is 0.432. The smallest absolute Gasteiger partial charge is 0.379 e. The molecule has 1 rings (SSSR count). The molecule has 5 heteroatoms. The van der Waals surface area contributed by atoms with E-state index in [-0.39, 0.29) is 25.1 Å². The average molecular weight is 266 g/mol. The summed E-state index contributed by atoms with van der Waals surface area (Å²) in [5.41, 5.74) is -0.382. The van der Waals surface area contributed by atoms with Crippen molar-refractivity contribution in [1.82, 2.24) is 0 Å². The standard InChI is InChI=1S/C9H13O3P.Zn/c1-8(2)13(10,11)12-9-6-4-3-5-7-9;/h3-8H,1-2H3,(H,10,11);. The molecule has 0 heterocycles. The molecule has 1 aromatic rings. The van der Waals surface area contributed by atoms with Gasteiger partial charge >= 0.3 is 7.60 Å². The van der Waals surface area contributed by atoms with Crippen molar-refractivity contribution in [1.29, 1.82) is 0 Å². The Morgan fingerprint density at radius 2 is 1.79 bits per heavy atom. The normalized spacial score (nSPS) is 14.3. The van der Waals surface area contributed by atoms with Crippen molar-refractivity contribution in [2.45, 2.75) is 19.5 Å². The Morgan fingerprint density at radius 1 is 1.29 bits per heavy atom. The molecule has 0 aliphatic carbocycles. The summed E-state index contributed by atoms with van der Waals surface area (Å²) in [6.07, 6.45) is 0. The predicted octanol–water partition coefficient (Wildman–Crippen LogP) is 2.66. The maximum atomic E-state index is 11.4. The summed E-state index contributed by atoms with van der Waals surface area (Å²) >= 11 is 0.